The van der Waals surface area contributed by atoms with E-state index in [0.717, 1.165) is 27.5 Å². The molecule has 0 radical (unpaired) electrons. The van der Waals surface area contributed by atoms with Crippen LogP contribution in [0.1, 0.15) is 5.56 Å². The maximum atomic E-state index is 14.0. The third kappa shape index (κ3) is 3.73. The van der Waals surface area contributed by atoms with Crippen molar-refractivity contribution in [3.63, 3.8) is 0 Å². The summed E-state index contributed by atoms with van der Waals surface area (Å²) in [6.07, 6.45) is 0. The van der Waals surface area contributed by atoms with E-state index in [1.54, 1.807) is 24.3 Å². The van der Waals surface area contributed by atoms with E-state index in [-0.39, 0.29) is 4.90 Å². The quantitative estimate of drug-likeness (QED) is 0.253. The van der Waals surface area contributed by atoms with Gasteiger partial charge in [-0.3, -0.25) is 0 Å². The highest BCUT2D eigenvalue weighted by Gasteiger charge is 2.26. The summed E-state index contributed by atoms with van der Waals surface area (Å²) in [7, 11) is -3.86. The maximum Gasteiger partial charge on any atom is 0.268 e. The van der Waals surface area contributed by atoms with Gasteiger partial charge in [0.2, 0.25) is 0 Å². The lowest BCUT2D eigenvalue weighted by Crippen LogP contribution is -2.15. The Balaban J connectivity index is 1.67. The number of nitrogens with zero attached hydrogens (tertiary/aromatic N) is 2. The van der Waals surface area contributed by atoms with Crippen molar-refractivity contribution >= 4 is 43.4 Å². The van der Waals surface area contributed by atoms with Crippen molar-refractivity contribution in [3.05, 3.63) is 126 Å². The molecule has 35 heavy (non-hydrogen) atoms. The lowest BCUT2D eigenvalue weighted by Gasteiger charge is -2.15. The second-order valence-corrected chi connectivity index (χ2v) is 10.7. The smallest absolute Gasteiger partial charge is 0.268 e. The average molecular weight is 497 g/mol. The van der Waals surface area contributed by atoms with Gasteiger partial charge in [-0.25, -0.2) is 12.4 Å². The van der Waals surface area contributed by atoms with Crippen LogP contribution in [0.2, 0.25) is 5.02 Å². The molecule has 6 heteroatoms. The molecule has 0 fully saturated rings. The normalized spacial score (nSPS) is 11.9. The summed E-state index contributed by atoms with van der Waals surface area (Å²) >= 11 is 6.32. The molecule has 0 aliphatic carbocycles. The zero-order valence-electron chi connectivity index (χ0n) is 18.7. The molecule has 0 unspecified atom stereocenters. The summed E-state index contributed by atoms with van der Waals surface area (Å²) in [5.41, 5.74) is 4.16. The number of rotatable bonds is 5. The van der Waals surface area contributed by atoms with Gasteiger partial charge in [-0.05, 0) is 54.1 Å². The Kier molecular flexibility index (Phi) is 5.24. The minimum Gasteiger partial charge on any atom is -0.335 e. The van der Waals surface area contributed by atoms with E-state index in [2.05, 4.69) is 16.7 Å². The van der Waals surface area contributed by atoms with Gasteiger partial charge < -0.3 is 4.57 Å². The van der Waals surface area contributed by atoms with Gasteiger partial charge in [0.15, 0.2) is 0 Å². The van der Waals surface area contributed by atoms with Gasteiger partial charge in [0, 0.05) is 27.9 Å². The summed E-state index contributed by atoms with van der Waals surface area (Å²) in [6.45, 7) is 0.591. The molecule has 0 saturated heterocycles. The number of aromatic nitrogens is 2. The summed E-state index contributed by atoms with van der Waals surface area (Å²) in [5, 5.41) is 2.45. The second kappa shape index (κ2) is 8.45. The highest BCUT2D eigenvalue weighted by Crippen LogP contribution is 2.36. The van der Waals surface area contributed by atoms with Gasteiger partial charge >= 0.3 is 0 Å². The van der Waals surface area contributed by atoms with Crippen LogP contribution in [-0.2, 0) is 16.6 Å². The molecule has 0 saturated carbocycles. The van der Waals surface area contributed by atoms with Gasteiger partial charge in [-0.15, -0.1) is 0 Å². The van der Waals surface area contributed by atoms with Crippen molar-refractivity contribution in [1.29, 1.82) is 0 Å². The monoisotopic (exact) mass is 496 g/mol. The predicted octanol–water partition coefficient (Wildman–Crippen LogP) is 7.20. The minimum absolute atomic E-state index is 0.247. The average Bonchev–Trinajstić information content (AvgIpc) is 3.43. The number of fused-ring (bicyclic) bond motifs is 2. The van der Waals surface area contributed by atoms with Crippen molar-refractivity contribution in [1.82, 2.24) is 8.54 Å². The molecular formula is C29H21ClN2O2S. The first-order valence-electron chi connectivity index (χ1n) is 11.3. The first-order valence-corrected chi connectivity index (χ1v) is 13.1. The largest absolute Gasteiger partial charge is 0.335 e. The first-order chi connectivity index (χ1) is 17.0. The Labute approximate surface area is 208 Å². The number of halogens is 1. The molecule has 4 nitrogen and oxygen atoms in total. The predicted molar refractivity (Wildman–Crippen MR) is 142 cm³/mol. The van der Waals surface area contributed by atoms with Crippen LogP contribution in [-0.4, -0.2) is 17.0 Å². The van der Waals surface area contributed by atoms with E-state index in [0.29, 0.717) is 22.8 Å². The van der Waals surface area contributed by atoms with Crippen LogP contribution in [0.5, 0.6) is 0 Å². The van der Waals surface area contributed by atoms with Crippen LogP contribution in [0, 0.1) is 0 Å². The number of hydrogen-bond acceptors (Lipinski definition) is 2. The molecule has 2 aromatic heterocycles. The van der Waals surface area contributed by atoms with Gasteiger partial charge in [0.05, 0.1) is 21.8 Å². The van der Waals surface area contributed by atoms with E-state index in [1.165, 1.54) is 3.97 Å². The van der Waals surface area contributed by atoms with Crippen molar-refractivity contribution < 1.29 is 8.42 Å². The van der Waals surface area contributed by atoms with Crippen molar-refractivity contribution in [2.24, 2.45) is 0 Å². The van der Waals surface area contributed by atoms with E-state index in [9.17, 15) is 8.42 Å². The van der Waals surface area contributed by atoms with Crippen LogP contribution in [0.3, 0.4) is 0 Å². The Morgan fingerprint density at radius 2 is 1.29 bits per heavy atom. The third-order valence-electron chi connectivity index (χ3n) is 6.26. The molecule has 6 rings (SSSR count). The van der Waals surface area contributed by atoms with E-state index in [4.69, 9.17) is 11.6 Å². The van der Waals surface area contributed by atoms with Crippen LogP contribution < -0.4 is 0 Å². The summed E-state index contributed by atoms with van der Waals surface area (Å²) in [5.74, 6) is 0. The molecule has 2 heterocycles. The van der Waals surface area contributed by atoms with Crippen molar-refractivity contribution in [2.75, 3.05) is 0 Å². The highest BCUT2D eigenvalue weighted by atomic mass is 35.5. The van der Waals surface area contributed by atoms with Gasteiger partial charge in [0.1, 0.15) is 0 Å². The third-order valence-corrected chi connectivity index (χ3v) is 8.23. The van der Waals surface area contributed by atoms with Crippen LogP contribution in [0.4, 0.5) is 0 Å². The fourth-order valence-electron chi connectivity index (χ4n) is 4.66. The van der Waals surface area contributed by atoms with Crippen molar-refractivity contribution in [3.8, 4) is 11.4 Å². The topological polar surface area (TPSA) is 44.0 Å². The summed E-state index contributed by atoms with van der Waals surface area (Å²) < 4.78 is 31.6. The fraction of sp³-hybridized carbons (Fsp3) is 0.0345. The lowest BCUT2D eigenvalue weighted by molar-refractivity contribution is 0.589. The zero-order valence-corrected chi connectivity index (χ0v) is 20.2. The van der Waals surface area contributed by atoms with Crippen LogP contribution in [0.25, 0.3) is 33.2 Å². The number of para-hydroxylation sites is 1. The Morgan fingerprint density at radius 3 is 2.06 bits per heavy atom. The molecule has 0 atom stereocenters. The molecule has 6 aromatic rings. The molecule has 4 aromatic carbocycles. The maximum absolute atomic E-state index is 14.0. The number of benzene rings is 4. The van der Waals surface area contributed by atoms with E-state index < -0.39 is 10.0 Å². The summed E-state index contributed by atoms with van der Waals surface area (Å²) in [4.78, 5) is 0.247. The Hall–Kier alpha value is -3.80. The fourth-order valence-corrected chi connectivity index (χ4v) is 6.38. The first kappa shape index (κ1) is 21.7. The molecule has 0 aliphatic rings. The van der Waals surface area contributed by atoms with E-state index in [1.807, 2.05) is 78.9 Å². The molecule has 0 aliphatic heterocycles. The SMILES string of the molecule is O=S(=O)(c1ccccc1)n1c(-c2cc3cc(Cl)ccc3n2Cc2ccccc2)cc2ccccc21. The Morgan fingerprint density at radius 1 is 0.629 bits per heavy atom. The summed E-state index contributed by atoms with van der Waals surface area (Å²) in [6, 6.07) is 36.0. The molecule has 0 N–H and O–H groups in total. The number of hydrogen-bond donors (Lipinski definition) is 0. The van der Waals surface area contributed by atoms with Gasteiger partial charge in [-0.1, -0.05) is 78.3 Å². The van der Waals surface area contributed by atoms with Gasteiger partial charge in [0.25, 0.3) is 10.0 Å². The highest BCUT2D eigenvalue weighted by molar-refractivity contribution is 7.90. The molecular weight excluding hydrogens is 476 g/mol. The molecule has 0 bridgehead atoms. The second-order valence-electron chi connectivity index (χ2n) is 8.48. The molecule has 172 valence electrons. The van der Waals surface area contributed by atoms with E-state index >= 15 is 0 Å². The molecule has 0 spiro atoms. The van der Waals surface area contributed by atoms with Gasteiger partial charge in [-0.2, -0.15) is 0 Å². The molecule has 0 amide bonds. The Bertz CT molecular complexity index is 1790. The standard InChI is InChI=1S/C29H21ClN2O2S/c30-24-15-16-26-23(17-24)19-28(31(26)20-21-9-3-1-4-10-21)29-18-22-11-7-8-14-27(22)32(29)35(33,34)25-12-5-2-6-13-25/h1-19H,20H2. The lowest BCUT2D eigenvalue weighted by atomic mass is 10.2. The van der Waals surface area contributed by atoms with Crippen molar-refractivity contribution in [2.45, 2.75) is 11.4 Å². The van der Waals surface area contributed by atoms with Crippen LogP contribution >= 0.6 is 11.6 Å². The van der Waals surface area contributed by atoms with Crippen LogP contribution in [0.15, 0.2) is 120 Å². The zero-order chi connectivity index (χ0) is 24.0. The minimum atomic E-state index is -3.86.